The number of nitriles is 1. The third-order valence-electron chi connectivity index (χ3n) is 3.97. The normalized spacial score (nSPS) is 14.9. The molecule has 1 N–H and O–H groups in total. The highest BCUT2D eigenvalue weighted by atomic mass is 35.5. The lowest BCUT2D eigenvalue weighted by atomic mass is 9.90. The van der Waals surface area contributed by atoms with Gasteiger partial charge >= 0.3 is 0 Å². The number of halogens is 1. The van der Waals surface area contributed by atoms with E-state index in [0.29, 0.717) is 21.5 Å². The molecule has 1 heterocycles. The molecule has 0 aliphatic carbocycles. The number of rotatable bonds is 2. The van der Waals surface area contributed by atoms with Gasteiger partial charge in [-0.15, -0.1) is 0 Å². The number of benzene rings is 2. The Kier molecular flexibility index (Phi) is 4.12. The summed E-state index contributed by atoms with van der Waals surface area (Å²) in [5.74, 6) is 0.500. The van der Waals surface area contributed by atoms with Gasteiger partial charge in [-0.2, -0.15) is 5.26 Å². The van der Waals surface area contributed by atoms with Crippen LogP contribution in [0.4, 0.5) is 5.69 Å². The number of ether oxygens (including phenoxy) is 2. The molecule has 3 rings (SSSR count). The van der Waals surface area contributed by atoms with E-state index in [0.717, 1.165) is 22.4 Å². The molecule has 1 aliphatic heterocycles. The third-order valence-corrected chi connectivity index (χ3v) is 4.47. The summed E-state index contributed by atoms with van der Waals surface area (Å²) in [6, 6.07) is 11.3. The SMILES string of the molecule is COc1c(C#N)cccc1-c1cc2c(cc1Cl)NC(=S)OC2(C)C. The van der Waals surface area contributed by atoms with Gasteiger partial charge in [0.2, 0.25) is 0 Å². The highest BCUT2D eigenvalue weighted by molar-refractivity contribution is 7.80. The van der Waals surface area contributed by atoms with Crippen molar-refractivity contribution in [3.8, 4) is 22.9 Å². The minimum atomic E-state index is -0.586. The van der Waals surface area contributed by atoms with Crippen molar-refractivity contribution < 1.29 is 9.47 Å². The Morgan fingerprint density at radius 1 is 1.29 bits per heavy atom. The average molecular weight is 359 g/mol. The lowest BCUT2D eigenvalue weighted by molar-refractivity contribution is 0.0947. The molecule has 122 valence electrons. The summed E-state index contributed by atoms with van der Waals surface area (Å²) < 4.78 is 11.2. The number of thiocarbonyl (C=S) groups is 1. The van der Waals surface area contributed by atoms with Gasteiger partial charge in [0.15, 0.2) is 0 Å². The zero-order chi connectivity index (χ0) is 17.5. The second-order valence-electron chi connectivity index (χ2n) is 5.90. The summed E-state index contributed by atoms with van der Waals surface area (Å²) >= 11 is 11.6. The van der Waals surface area contributed by atoms with E-state index in [1.165, 1.54) is 0 Å². The summed E-state index contributed by atoms with van der Waals surface area (Å²) in [4.78, 5) is 0. The fraction of sp³-hybridized carbons (Fsp3) is 0.222. The van der Waals surface area contributed by atoms with Crippen molar-refractivity contribution in [2.24, 2.45) is 0 Å². The molecule has 0 bridgehead atoms. The minimum Gasteiger partial charge on any atom is -0.495 e. The highest BCUT2D eigenvalue weighted by Crippen LogP contribution is 2.44. The number of hydrogen-bond donors (Lipinski definition) is 1. The third kappa shape index (κ3) is 2.68. The molecule has 0 aromatic heterocycles. The lowest BCUT2D eigenvalue weighted by Crippen LogP contribution is -2.34. The summed E-state index contributed by atoms with van der Waals surface area (Å²) in [5, 5.41) is 13.2. The molecule has 0 spiro atoms. The second-order valence-corrected chi connectivity index (χ2v) is 6.68. The second kappa shape index (κ2) is 5.97. The zero-order valence-electron chi connectivity index (χ0n) is 13.4. The largest absolute Gasteiger partial charge is 0.495 e. The predicted octanol–water partition coefficient (Wildman–Crippen LogP) is 4.85. The summed E-state index contributed by atoms with van der Waals surface area (Å²) in [5.41, 5.74) is 3.15. The van der Waals surface area contributed by atoms with Crippen LogP contribution in [0.2, 0.25) is 5.02 Å². The van der Waals surface area contributed by atoms with Gasteiger partial charge in [0.1, 0.15) is 17.4 Å². The van der Waals surface area contributed by atoms with Crippen molar-refractivity contribution in [2.75, 3.05) is 12.4 Å². The van der Waals surface area contributed by atoms with Crippen molar-refractivity contribution in [2.45, 2.75) is 19.4 Å². The molecule has 0 saturated carbocycles. The summed E-state index contributed by atoms with van der Waals surface area (Å²) in [6.07, 6.45) is 0. The Bertz CT molecular complexity index is 887. The van der Waals surface area contributed by atoms with Crippen LogP contribution >= 0.6 is 23.8 Å². The van der Waals surface area contributed by atoms with Crippen molar-refractivity contribution in [1.29, 1.82) is 5.26 Å². The first-order chi connectivity index (χ1) is 11.4. The van der Waals surface area contributed by atoms with Gasteiger partial charge in [0.05, 0.1) is 23.4 Å². The van der Waals surface area contributed by atoms with Crippen molar-refractivity contribution >= 4 is 34.7 Å². The van der Waals surface area contributed by atoms with E-state index in [-0.39, 0.29) is 0 Å². The zero-order valence-corrected chi connectivity index (χ0v) is 15.0. The Morgan fingerprint density at radius 2 is 2.04 bits per heavy atom. The molecule has 2 aromatic carbocycles. The summed E-state index contributed by atoms with van der Waals surface area (Å²) in [7, 11) is 1.54. The monoisotopic (exact) mass is 358 g/mol. The standard InChI is InChI=1S/C18H15ClN2O2S/c1-18(2)13-7-12(14(19)8-15(13)21-17(24)23-18)11-6-4-5-10(9-20)16(11)22-3/h4-8H,1-3H3,(H,21,24). The van der Waals surface area contributed by atoms with E-state index in [1.807, 2.05) is 32.0 Å². The first-order valence-corrected chi connectivity index (χ1v) is 8.07. The maximum absolute atomic E-state index is 9.29. The van der Waals surface area contributed by atoms with Crippen molar-refractivity contribution in [3.05, 3.63) is 46.5 Å². The molecule has 0 amide bonds. The average Bonchev–Trinajstić information content (AvgIpc) is 2.52. The molecule has 1 aliphatic rings. The minimum absolute atomic E-state index is 0.320. The molecule has 0 radical (unpaired) electrons. The molecular weight excluding hydrogens is 344 g/mol. The van der Waals surface area contributed by atoms with E-state index < -0.39 is 5.60 Å². The topological polar surface area (TPSA) is 54.3 Å². The van der Waals surface area contributed by atoms with Gasteiger partial charge in [-0.3, -0.25) is 0 Å². The fourth-order valence-electron chi connectivity index (χ4n) is 2.86. The van der Waals surface area contributed by atoms with E-state index in [9.17, 15) is 5.26 Å². The van der Waals surface area contributed by atoms with E-state index in [2.05, 4.69) is 11.4 Å². The quantitative estimate of drug-likeness (QED) is 0.778. The fourth-order valence-corrected chi connectivity index (χ4v) is 3.44. The van der Waals surface area contributed by atoms with E-state index in [1.54, 1.807) is 19.2 Å². The summed E-state index contributed by atoms with van der Waals surface area (Å²) in [6.45, 7) is 3.89. The lowest BCUT2D eigenvalue weighted by Gasteiger charge is -2.34. The number of nitrogens with zero attached hydrogens (tertiary/aromatic N) is 1. The Balaban J connectivity index is 2.25. The van der Waals surface area contributed by atoms with Gasteiger partial charge in [-0.1, -0.05) is 23.7 Å². The number of nitrogens with one attached hydrogen (secondary N) is 1. The number of para-hydroxylation sites is 1. The number of hydrogen-bond acceptors (Lipinski definition) is 4. The molecule has 6 heteroatoms. The number of anilines is 1. The van der Waals surface area contributed by atoms with Crippen LogP contribution in [0, 0.1) is 11.3 Å². The van der Waals surface area contributed by atoms with Crippen LogP contribution in [0.25, 0.3) is 11.1 Å². The molecule has 0 unspecified atom stereocenters. The maximum Gasteiger partial charge on any atom is 0.262 e. The number of methoxy groups -OCH3 is 1. The molecule has 24 heavy (non-hydrogen) atoms. The van der Waals surface area contributed by atoms with Crippen molar-refractivity contribution in [3.63, 3.8) is 0 Å². The molecule has 0 fully saturated rings. The number of fused-ring (bicyclic) bond motifs is 1. The van der Waals surface area contributed by atoms with Gasteiger partial charge in [-0.25, -0.2) is 0 Å². The van der Waals surface area contributed by atoms with Crippen LogP contribution in [0.5, 0.6) is 5.75 Å². The van der Waals surface area contributed by atoms with Crippen LogP contribution in [-0.4, -0.2) is 12.3 Å². The Hall–Kier alpha value is -2.29. The van der Waals surface area contributed by atoms with Crippen molar-refractivity contribution in [1.82, 2.24) is 0 Å². The van der Waals surface area contributed by atoms with Gasteiger partial charge in [0, 0.05) is 16.7 Å². The van der Waals surface area contributed by atoms with Crippen LogP contribution in [0.1, 0.15) is 25.0 Å². The van der Waals surface area contributed by atoms with E-state index in [4.69, 9.17) is 33.3 Å². The van der Waals surface area contributed by atoms with Crippen LogP contribution in [-0.2, 0) is 10.3 Å². The van der Waals surface area contributed by atoms with Gasteiger partial charge in [-0.05, 0) is 44.3 Å². The molecule has 4 nitrogen and oxygen atoms in total. The van der Waals surface area contributed by atoms with Gasteiger partial charge < -0.3 is 14.8 Å². The van der Waals surface area contributed by atoms with Crippen LogP contribution in [0.3, 0.4) is 0 Å². The molecule has 2 aromatic rings. The predicted molar refractivity (Wildman–Crippen MR) is 98.5 cm³/mol. The first kappa shape index (κ1) is 16.6. The maximum atomic E-state index is 9.29. The molecule has 0 saturated heterocycles. The van der Waals surface area contributed by atoms with Gasteiger partial charge in [0.25, 0.3) is 5.17 Å². The first-order valence-electron chi connectivity index (χ1n) is 7.29. The smallest absolute Gasteiger partial charge is 0.262 e. The Labute approximate surface area is 151 Å². The highest BCUT2D eigenvalue weighted by Gasteiger charge is 2.33. The van der Waals surface area contributed by atoms with Crippen LogP contribution < -0.4 is 10.1 Å². The molecular formula is C18H15ClN2O2S. The van der Waals surface area contributed by atoms with E-state index >= 15 is 0 Å². The molecule has 0 atom stereocenters. The Morgan fingerprint density at radius 3 is 2.71 bits per heavy atom. The van der Waals surface area contributed by atoms with Crippen LogP contribution in [0.15, 0.2) is 30.3 Å².